The van der Waals surface area contributed by atoms with Crippen LogP contribution < -0.4 is 35.2 Å². The van der Waals surface area contributed by atoms with Crippen LogP contribution in [-0.2, 0) is 32.9 Å². The van der Waals surface area contributed by atoms with Crippen molar-refractivity contribution in [3.63, 3.8) is 0 Å². The highest BCUT2D eigenvalue weighted by molar-refractivity contribution is 7.89. The number of pyridine rings is 2. The van der Waals surface area contributed by atoms with Crippen LogP contribution in [0.15, 0.2) is 119 Å². The van der Waals surface area contributed by atoms with Crippen LogP contribution in [0.1, 0.15) is 92.3 Å². The number of benzene rings is 4. The molecule has 19 nitrogen and oxygen atoms in total. The van der Waals surface area contributed by atoms with Crippen molar-refractivity contribution in [1.82, 2.24) is 20.2 Å². The molecule has 6 N–H and O–H groups in total. The number of anilines is 4. The predicted octanol–water partition coefficient (Wildman–Crippen LogP) is 7.70. The Morgan fingerprint density at radius 2 is 1.00 bits per heavy atom. The van der Waals surface area contributed by atoms with Crippen LogP contribution in [0.5, 0.6) is 0 Å². The second-order valence-corrected chi connectivity index (χ2v) is 24.7. The number of hydrogen-bond donors (Lipinski definition) is 4. The number of primary sulfonamides is 2. The Hall–Kier alpha value is -7.99. The summed E-state index contributed by atoms with van der Waals surface area (Å²) in [5.41, 5.74) is 11.3. The molecule has 0 atom stereocenters. The first-order chi connectivity index (χ1) is 41.2. The number of nitriles is 2. The van der Waals surface area contributed by atoms with Gasteiger partial charge in [-0.25, -0.2) is 41.9 Å². The molecule has 1 amide bonds. The third kappa shape index (κ3) is 16.3. The van der Waals surface area contributed by atoms with Gasteiger partial charge in [0.25, 0.3) is 5.91 Å². The zero-order valence-corrected chi connectivity index (χ0v) is 50.4. The van der Waals surface area contributed by atoms with E-state index < -0.39 is 33.2 Å². The number of rotatable bonds is 12. The van der Waals surface area contributed by atoms with Gasteiger partial charge in [0, 0.05) is 96.5 Å². The zero-order valence-electron chi connectivity index (χ0n) is 49.8. The van der Waals surface area contributed by atoms with Crippen molar-refractivity contribution in [2.75, 3.05) is 105 Å². The molecule has 6 aromatic rings. The first-order valence-corrected chi connectivity index (χ1v) is 31.5. The highest BCUT2D eigenvalue weighted by Crippen LogP contribution is 2.33. The molecular weight excluding hydrogens is 1120 g/mol. The lowest BCUT2D eigenvalue weighted by Gasteiger charge is -2.36. The number of aromatic nitrogens is 2. The summed E-state index contributed by atoms with van der Waals surface area (Å²) in [5.74, 6) is 0.982. The van der Waals surface area contributed by atoms with Gasteiger partial charge < -0.3 is 34.9 Å². The van der Waals surface area contributed by atoms with Crippen LogP contribution >= 0.6 is 0 Å². The second kappa shape index (κ2) is 29.7. The Kier molecular flexibility index (Phi) is 22.0. The molecule has 10 rings (SSSR count). The number of amides is 1. The molecule has 22 heteroatoms. The standard InChI is InChI=1S/C31H36N6O3S.C22H24N2O2.C9H14N4O2S.CH3F/c1-22-9-10-26(31(38)37-18-16-36(17-19-37)30-29(41(33,39)40)8-5-13-34-30)23(2)27(22)20-24-11-14-35(15-12-24)28-7-4-3-6-25(28)21-32;1-15-7-8-19(22(25)26)16(2)20(15)13-17-9-11-24(12-10-17)21-6-4-3-5-18(21)14-23;10-16(14,15)8-2-1-3-12-9(8)13-6-4-11-5-7-13;1-2/h3-10,13,24H,11-12,14-20H2,1-2H3,(H2,33,39,40);3-8,17H,9-13H2,1-2H3,(H,25,26);1-3,11H,4-7H2,(H2,10,14,15);1H3/i;;;1D. The Balaban J connectivity index is 0.000000199. The van der Waals surface area contributed by atoms with Gasteiger partial charge in [0.05, 0.1) is 36.6 Å². The summed E-state index contributed by atoms with van der Waals surface area (Å²) in [5, 5.41) is 41.9. The van der Waals surface area contributed by atoms with Crippen molar-refractivity contribution in [1.29, 1.82) is 10.5 Å². The molecule has 4 saturated heterocycles. The number of aryl methyl sites for hydroxylation is 2. The van der Waals surface area contributed by atoms with Gasteiger partial charge in [0.2, 0.25) is 20.0 Å². The van der Waals surface area contributed by atoms with Gasteiger partial charge in [-0.3, -0.25) is 9.18 Å². The van der Waals surface area contributed by atoms with E-state index in [4.69, 9.17) is 11.6 Å². The van der Waals surface area contributed by atoms with Crippen LogP contribution in [0.25, 0.3) is 0 Å². The first-order valence-electron chi connectivity index (χ1n) is 29.1. The van der Waals surface area contributed by atoms with E-state index >= 15 is 0 Å². The van der Waals surface area contributed by atoms with E-state index in [0.717, 1.165) is 130 Å². The van der Waals surface area contributed by atoms with Gasteiger partial charge in [0.15, 0.2) is 0 Å². The molecule has 4 aliphatic rings. The van der Waals surface area contributed by atoms with Gasteiger partial charge in [-0.1, -0.05) is 36.4 Å². The number of nitrogens with one attached hydrogen (secondary N) is 1. The maximum Gasteiger partial charge on any atom is 0.335 e. The average Bonchev–Trinajstić information content (AvgIpc) is 2.22. The summed E-state index contributed by atoms with van der Waals surface area (Å²) >= 11 is 0. The van der Waals surface area contributed by atoms with Crippen LogP contribution in [-0.4, -0.2) is 134 Å². The number of nitrogens with zero attached hydrogens (tertiary/aromatic N) is 9. The molecule has 0 saturated carbocycles. The lowest BCUT2D eigenvalue weighted by Crippen LogP contribution is -2.49. The van der Waals surface area contributed by atoms with E-state index in [1.807, 2.05) is 82.3 Å². The van der Waals surface area contributed by atoms with Gasteiger partial charge in [-0.15, -0.1) is 0 Å². The van der Waals surface area contributed by atoms with Crippen molar-refractivity contribution >= 4 is 54.9 Å². The maximum absolute atomic E-state index is 13.6. The van der Waals surface area contributed by atoms with Crippen molar-refractivity contribution in [3.05, 3.63) is 165 Å². The molecule has 0 bridgehead atoms. The largest absolute Gasteiger partial charge is 0.478 e. The molecule has 450 valence electrons. The third-order valence-electron chi connectivity index (χ3n) is 16.5. The lowest BCUT2D eigenvalue weighted by atomic mass is 9.85. The highest BCUT2D eigenvalue weighted by Gasteiger charge is 2.30. The molecule has 4 aromatic carbocycles. The van der Waals surface area contributed by atoms with E-state index in [9.17, 15) is 46.4 Å². The summed E-state index contributed by atoms with van der Waals surface area (Å²) in [6, 6.07) is 33.8. The van der Waals surface area contributed by atoms with E-state index in [-0.39, 0.29) is 15.7 Å². The number of nitrogens with two attached hydrogens (primary N) is 2. The summed E-state index contributed by atoms with van der Waals surface area (Å²) in [4.78, 5) is 43.8. The quantitative estimate of drug-likeness (QED) is 0.0914. The topological polar surface area (TPSA) is 276 Å². The molecule has 4 aliphatic heterocycles. The fourth-order valence-electron chi connectivity index (χ4n) is 11.7. The number of carbonyl (C=O) groups excluding carboxylic acids is 1. The summed E-state index contributed by atoms with van der Waals surface area (Å²) in [6.45, 7) is 16.8. The molecule has 0 aliphatic carbocycles. The van der Waals surface area contributed by atoms with Crippen molar-refractivity contribution in [2.24, 2.45) is 22.1 Å². The Morgan fingerprint density at radius 1 is 0.600 bits per heavy atom. The Labute approximate surface area is 501 Å². The zero-order chi connectivity index (χ0) is 62.1. The van der Waals surface area contributed by atoms with Crippen molar-refractivity contribution in [2.45, 2.75) is 76.0 Å². The summed E-state index contributed by atoms with van der Waals surface area (Å²) < 4.78 is 62.4. The number of para-hydroxylation sites is 2. The van der Waals surface area contributed by atoms with Gasteiger partial charge in [-0.05, 0) is 172 Å². The van der Waals surface area contributed by atoms with Crippen molar-refractivity contribution in [3.8, 4) is 12.1 Å². The van der Waals surface area contributed by atoms with Crippen molar-refractivity contribution < 1.29 is 37.3 Å². The van der Waals surface area contributed by atoms with Gasteiger partial charge >= 0.3 is 5.97 Å². The van der Waals surface area contributed by atoms with E-state index in [1.165, 1.54) is 34.4 Å². The number of halogens is 1. The fourth-order valence-corrected chi connectivity index (χ4v) is 13.2. The average molecular weight is 1200 g/mol. The molecule has 4 fully saturated rings. The molecule has 85 heavy (non-hydrogen) atoms. The normalized spacial score (nSPS) is 16.0. The van der Waals surface area contributed by atoms with E-state index in [1.54, 1.807) is 30.6 Å². The number of hydrogen-bond acceptors (Lipinski definition) is 15. The van der Waals surface area contributed by atoms with E-state index in [0.29, 0.717) is 55.2 Å². The Bertz CT molecular complexity index is 3650. The van der Waals surface area contributed by atoms with Gasteiger partial charge in [-0.2, -0.15) is 10.5 Å². The number of carbonyl (C=O) groups is 2. The summed E-state index contributed by atoms with van der Waals surface area (Å²) in [6.07, 6.45) is 9.15. The lowest BCUT2D eigenvalue weighted by molar-refractivity contribution is 0.0694. The number of aromatic carboxylic acids is 1. The molecule has 0 radical (unpaired) electrons. The van der Waals surface area contributed by atoms with E-state index in [2.05, 4.69) is 64.1 Å². The Morgan fingerprint density at radius 3 is 1.41 bits per heavy atom. The molecule has 2 aromatic heterocycles. The smallest absolute Gasteiger partial charge is 0.335 e. The van der Waals surface area contributed by atoms with Crippen LogP contribution in [0, 0.1) is 62.2 Å². The van der Waals surface area contributed by atoms with Crippen LogP contribution in [0.2, 0.25) is 0 Å². The fraction of sp³-hybridized carbons (Fsp3) is 0.397. The van der Waals surface area contributed by atoms with Gasteiger partial charge in [0.1, 0.15) is 33.6 Å². The minimum atomic E-state index is -3.90. The number of carboxylic acid groups (broad SMARTS) is 1. The first kappa shape index (κ1) is 63.0. The summed E-state index contributed by atoms with van der Waals surface area (Å²) in [7, 11) is -8.61. The third-order valence-corrected chi connectivity index (χ3v) is 18.3. The number of carboxylic acids is 1. The van der Waals surface area contributed by atoms with Crippen LogP contribution in [0.3, 0.4) is 0 Å². The molecule has 0 unspecified atom stereocenters. The number of piperidine rings is 2. The number of piperazine rings is 2. The predicted molar refractivity (Wildman–Crippen MR) is 330 cm³/mol. The minimum Gasteiger partial charge on any atom is -0.478 e. The second-order valence-electron chi connectivity index (χ2n) is 21.7. The minimum absolute atomic E-state index is 0.000907. The monoisotopic (exact) mass is 1200 g/mol. The molecular formula is C63H77FN12O7S2. The number of alkyl halides is 1. The van der Waals surface area contributed by atoms with Crippen LogP contribution in [0.4, 0.5) is 27.4 Å². The molecule has 0 spiro atoms. The molecule has 6 heterocycles. The SMILES string of the molecule is Cc1ccc(C(=O)N2CCN(c3ncccc3S(N)(=O)=O)CC2)c(C)c1CC1CCN(c2ccccc2C#N)CC1.Cc1ccc(C(=O)O)c(C)c1CC1CCN(c2ccccc2C#N)CC1.NS(=O)(=O)c1cccnc1N1CCNCC1.[2H]CF. The maximum atomic E-state index is 13.6. The highest BCUT2D eigenvalue weighted by atomic mass is 32.2. The number of sulfonamides is 2.